The molecule has 1 atom stereocenters. The second-order valence-corrected chi connectivity index (χ2v) is 13.1. The number of amides is 2. The van der Waals surface area contributed by atoms with Crippen molar-refractivity contribution in [3.63, 3.8) is 0 Å². The predicted molar refractivity (Wildman–Crippen MR) is 159 cm³/mol. The molecule has 0 radical (unpaired) electrons. The molecular formula is C33H35ClF2N4O2. The first-order chi connectivity index (χ1) is 20.1. The molecule has 1 spiro atoms. The Labute approximate surface area is 250 Å². The van der Waals surface area contributed by atoms with Crippen molar-refractivity contribution in [1.29, 1.82) is 0 Å². The number of fused-ring (bicyclic) bond motifs is 1. The standard InChI is InChI=1S/C33H35ClF2N4O2/c1-32(2)20-22-4-3-21(17-24(22)29(32)38-30(41)25-18-27(35)28(36)19-26(25)34)31(42)40-15-9-33(10-16-40)7-13-39(14-8-33)23-5-11-37-12-6-23/h3-6,11-12,17-19,29H,7-10,13-16,20H2,1-2H3,(H,38,41). The van der Waals surface area contributed by atoms with Gasteiger partial charge in [-0.25, -0.2) is 8.78 Å². The highest BCUT2D eigenvalue weighted by atomic mass is 35.5. The van der Waals surface area contributed by atoms with Crippen molar-refractivity contribution < 1.29 is 18.4 Å². The second-order valence-electron chi connectivity index (χ2n) is 12.7. The number of piperidine rings is 2. The fourth-order valence-electron chi connectivity index (χ4n) is 7.01. The second kappa shape index (κ2) is 11.0. The molecule has 2 aromatic carbocycles. The molecule has 42 heavy (non-hydrogen) atoms. The molecule has 1 unspecified atom stereocenters. The third-order valence-electron chi connectivity index (χ3n) is 9.62. The molecule has 2 fully saturated rings. The van der Waals surface area contributed by atoms with Crippen LogP contribution < -0.4 is 10.2 Å². The lowest BCUT2D eigenvalue weighted by Gasteiger charge is -2.47. The molecular weight excluding hydrogens is 558 g/mol. The summed E-state index contributed by atoms with van der Waals surface area (Å²) in [6.45, 7) is 7.56. The van der Waals surface area contributed by atoms with E-state index in [1.54, 1.807) is 0 Å². The Bertz CT molecular complexity index is 1510. The Morgan fingerprint density at radius 2 is 1.57 bits per heavy atom. The van der Waals surface area contributed by atoms with E-state index in [9.17, 15) is 18.4 Å². The van der Waals surface area contributed by atoms with Crippen molar-refractivity contribution >= 4 is 29.1 Å². The third kappa shape index (κ3) is 5.37. The summed E-state index contributed by atoms with van der Waals surface area (Å²) < 4.78 is 27.5. The van der Waals surface area contributed by atoms with Crippen molar-refractivity contribution in [3.05, 3.63) is 93.8 Å². The normalized spacial score (nSPS) is 20.8. The summed E-state index contributed by atoms with van der Waals surface area (Å²) in [6.07, 6.45) is 8.60. The average Bonchev–Trinajstić information content (AvgIpc) is 3.24. The van der Waals surface area contributed by atoms with Crippen LogP contribution in [0.25, 0.3) is 0 Å². The van der Waals surface area contributed by atoms with Crippen LogP contribution in [0, 0.1) is 22.5 Å². The quantitative estimate of drug-likeness (QED) is 0.347. The van der Waals surface area contributed by atoms with Crippen LogP contribution in [0.4, 0.5) is 14.5 Å². The monoisotopic (exact) mass is 592 g/mol. The van der Waals surface area contributed by atoms with Gasteiger partial charge in [-0.15, -0.1) is 0 Å². The molecule has 3 heterocycles. The van der Waals surface area contributed by atoms with E-state index in [0.717, 1.165) is 75.1 Å². The predicted octanol–water partition coefficient (Wildman–Crippen LogP) is 6.59. The van der Waals surface area contributed by atoms with Crippen LogP contribution in [0.3, 0.4) is 0 Å². The lowest BCUT2D eigenvalue weighted by molar-refractivity contribution is 0.0515. The van der Waals surface area contributed by atoms with Gasteiger partial charge in [-0.05, 0) is 90.5 Å². The number of aromatic nitrogens is 1. The molecule has 6 nitrogen and oxygen atoms in total. The van der Waals surface area contributed by atoms with Gasteiger partial charge >= 0.3 is 0 Å². The molecule has 2 amide bonds. The first kappa shape index (κ1) is 28.6. The summed E-state index contributed by atoms with van der Waals surface area (Å²) in [5, 5.41) is 2.83. The SMILES string of the molecule is CC1(C)Cc2ccc(C(=O)N3CCC4(CC3)CCN(c3ccncc3)CC4)cc2C1NC(=O)c1cc(F)c(F)cc1Cl. The third-order valence-corrected chi connectivity index (χ3v) is 9.94. The number of rotatable bonds is 4. The first-order valence-electron chi connectivity index (χ1n) is 14.6. The molecule has 1 aromatic heterocycles. The average molecular weight is 593 g/mol. The zero-order valence-electron chi connectivity index (χ0n) is 23.9. The number of hydrogen-bond acceptors (Lipinski definition) is 4. The number of nitrogens with zero attached hydrogens (tertiary/aromatic N) is 3. The van der Waals surface area contributed by atoms with Crippen LogP contribution in [-0.4, -0.2) is 47.9 Å². The van der Waals surface area contributed by atoms with Crippen LogP contribution in [0.1, 0.15) is 77.4 Å². The summed E-state index contributed by atoms with van der Waals surface area (Å²) in [5.74, 6) is -2.82. The highest BCUT2D eigenvalue weighted by molar-refractivity contribution is 6.33. The van der Waals surface area contributed by atoms with Gasteiger partial charge in [-0.2, -0.15) is 0 Å². The summed E-state index contributed by atoms with van der Waals surface area (Å²) in [6, 6.07) is 11.1. The topological polar surface area (TPSA) is 65.5 Å². The van der Waals surface area contributed by atoms with E-state index in [1.807, 2.05) is 49.3 Å². The maximum atomic E-state index is 13.9. The number of likely N-dealkylation sites (tertiary alicyclic amines) is 1. The van der Waals surface area contributed by atoms with Gasteiger partial charge in [0.15, 0.2) is 11.6 Å². The molecule has 3 aliphatic rings. The molecule has 1 N–H and O–H groups in total. The van der Waals surface area contributed by atoms with E-state index in [-0.39, 0.29) is 27.3 Å². The largest absolute Gasteiger partial charge is 0.371 e. The Morgan fingerprint density at radius 1 is 0.929 bits per heavy atom. The van der Waals surface area contributed by atoms with Gasteiger partial charge in [-0.3, -0.25) is 14.6 Å². The van der Waals surface area contributed by atoms with E-state index < -0.39 is 23.6 Å². The molecule has 1 aliphatic carbocycles. The molecule has 220 valence electrons. The summed E-state index contributed by atoms with van der Waals surface area (Å²) in [5.41, 5.74) is 3.54. The zero-order chi connectivity index (χ0) is 29.6. The summed E-state index contributed by atoms with van der Waals surface area (Å²) >= 11 is 6.07. The fourth-order valence-corrected chi connectivity index (χ4v) is 7.25. The fraction of sp³-hybridized carbons (Fsp3) is 0.424. The molecule has 9 heteroatoms. The van der Waals surface area contributed by atoms with Crippen LogP contribution in [0.5, 0.6) is 0 Å². The Balaban J connectivity index is 1.13. The highest BCUT2D eigenvalue weighted by Gasteiger charge is 2.42. The van der Waals surface area contributed by atoms with Crippen LogP contribution in [0.2, 0.25) is 5.02 Å². The maximum absolute atomic E-state index is 13.9. The van der Waals surface area contributed by atoms with E-state index in [0.29, 0.717) is 12.0 Å². The van der Waals surface area contributed by atoms with Crippen LogP contribution in [-0.2, 0) is 6.42 Å². The minimum absolute atomic E-state index is 0.000282. The van der Waals surface area contributed by atoms with Gasteiger partial charge in [0, 0.05) is 49.8 Å². The number of hydrogen-bond donors (Lipinski definition) is 1. The molecule has 0 bridgehead atoms. The number of halogens is 3. The van der Waals surface area contributed by atoms with E-state index >= 15 is 0 Å². The number of nitrogens with one attached hydrogen (secondary N) is 1. The van der Waals surface area contributed by atoms with Gasteiger partial charge in [0.2, 0.25) is 0 Å². The van der Waals surface area contributed by atoms with E-state index in [2.05, 4.69) is 27.3 Å². The summed E-state index contributed by atoms with van der Waals surface area (Å²) in [4.78, 5) is 35.3. The van der Waals surface area contributed by atoms with Crippen LogP contribution >= 0.6 is 11.6 Å². The highest BCUT2D eigenvalue weighted by Crippen LogP contribution is 2.46. The van der Waals surface area contributed by atoms with Gasteiger partial charge in [0.1, 0.15) is 0 Å². The number of carbonyl (C=O) groups is 2. The minimum Gasteiger partial charge on any atom is -0.371 e. The zero-order valence-corrected chi connectivity index (χ0v) is 24.7. The van der Waals surface area contributed by atoms with Crippen molar-refractivity contribution in [2.45, 2.75) is 52.0 Å². The van der Waals surface area contributed by atoms with Crippen molar-refractivity contribution in [2.75, 3.05) is 31.1 Å². The number of pyridine rings is 1. The summed E-state index contributed by atoms with van der Waals surface area (Å²) in [7, 11) is 0. The molecule has 2 aliphatic heterocycles. The number of carbonyl (C=O) groups excluding carboxylic acids is 2. The van der Waals surface area contributed by atoms with Crippen molar-refractivity contribution in [1.82, 2.24) is 15.2 Å². The van der Waals surface area contributed by atoms with E-state index in [4.69, 9.17) is 11.6 Å². The minimum atomic E-state index is -1.13. The number of benzene rings is 2. The molecule has 3 aromatic rings. The van der Waals surface area contributed by atoms with Crippen molar-refractivity contribution in [3.8, 4) is 0 Å². The molecule has 6 rings (SSSR count). The van der Waals surface area contributed by atoms with Crippen LogP contribution in [0.15, 0.2) is 54.9 Å². The van der Waals surface area contributed by atoms with E-state index in [1.165, 1.54) is 5.69 Å². The lowest BCUT2D eigenvalue weighted by Crippen LogP contribution is -2.48. The first-order valence-corrected chi connectivity index (χ1v) is 15.0. The van der Waals surface area contributed by atoms with Gasteiger partial charge in [0.25, 0.3) is 11.8 Å². The Hall–Kier alpha value is -3.52. The lowest BCUT2D eigenvalue weighted by atomic mass is 9.71. The smallest absolute Gasteiger partial charge is 0.253 e. The Morgan fingerprint density at radius 3 is 2.26 bits per heavy atom. The van der Waals surface area contributed by atoms with Crippen molar-refractivity contribution in [2.24, 2.45) is 10.8 Å². The van der Waals surface area contributed by atoms with Gasteiger partial charge in [-0.1, -0.05) is 31.5 Å². The van der Waals surface area contributed by atoms with Gasteiger partial charge in [0.05, 0.1) is 16.6 Å². The molecule has 2 saturated heterocycles. The number of anilines is 1. The van der Waals surface area contributed by atoms with Gasteiger partial charge < -0.3 is 15.1 Å². The molecule has 0 saturated carbocycles. The Kier molecular flexibility index (Phi) is 7.46. The maximum Gasteiger partial charge on any atom is 0.253 e.